The van der Waals surface area contributed by atoms with Gasteiger partial charge in [0, 0.05) is 51.8 Å². The lowest BCUT2D eigenvalue weighted by molar-refractivity contribution is 0.0171. The number of halogens is 1. The Bertz CT molecular complexity index is 434. The molecule has 2 rings (SSSR count). The second kappa shape index (κ2) is 13.5. The topological polar surface area (TPSA) is 59.8 Å². The van der Waals surface area contributed by atoms with E-state index in [1.165, 1.54) is 6.42 Å². The number of aromatic nitrogens is 1. The van der Waals surface area contributed by atoms with Crippen molar-refractivity contribution in [3.8, 4) is 0 Å². The lowest BCUT2D eigenvalue weighted by atomic mass is 10.2. The van der Waals surface area contributed by atoms with Gasteiger partial charge in [-0.05, 0) is 38.3 Å². The Labute approximate surface area is 162 Å². The average Bonchev–Trinajstić information content (AvgIpc) is 3.24. The van der Waals surface area contributed by atoms with Gasteiger partial charge in [-0.2, -0.15) is 0 Å². The number of rotatable bonds is 10. The molecular weight excluding hydrogens is 419 g/mol. The zero-order valence-corrected chi connectivity index (χ0v) is 16.9. The van der Waals surface area contributed by atoms with Crippen LogP contribution < -0.4 is 10.6 Å². The van der Waals surface area contributed by atoms with Gasteiger partial charge in [0.2, 0.25) is 0 Å². The quantitative estimate of drug-likeness (QED) is 0.249. The molecule has 0 radical (unpaired) electrons. The fourth-order valence-corrected chi connectivity index (χ4v) is 2.51. The van der Waals surface area contributed by atoms with E-state index >= 15 is 0 Å². The number of guanidine groups is 1. The van der Waals surface area contributed by atoms with Crippen LogP contribution >= 0.6 is 24.0 Å². The van der Waals surface area contributed by atoms with E-state index in [2.05, 4.69) is 39.5 Å². The number of aliphatic imine (C=N–C) groups is 1. The summed E-state index contributed by atoms with van der Waals surface area (Å²) in [7, 11) is 0. The molecule has 2 N–H and O–H groups in total. The molecule has 24 heavy (non-hydrogen) atoms. The van der Waals surface area contributed by atoms with E-state index in [1.807, 2.05) is 12.1 Å². The molecule has 1 fully saturated rings. The summed E-state index contributed by atoms with van der Waals surface area (Å²) >= 11 is 0. The Kier molecular flexibility index (Phi) is 11.9. The lowest BCUT2D eigenvalue weighted by Crippen LogP contribution is -2.38. The largest absolute Gasteiger partial charge is 0.379 e. The van der Waals surface area contributed by atoms with Crippen LogP contribution in [0, 0.1) is 0 Å². The minimum Gasteiger partial charge on any atom is -0.379 e. The smallest absolute Gasteiger partial charge is 0.191 e. The molecule has 0 amide bonds. The maximum absolute atomic E-state index is 5.65. The highest BCUT2D eigenvalue weighted by atomic mass is 127. The van der Waals surface area contributed by atoms with Crippen molar-refractivity contribution in [1.29, 1.82) is 0 Å². The van der Waals surface area contributed by atoms with Gasteiger partial charge < -0.3 is 24.7 Å². The van der Waals surface area contributed by atoms with Gasteiger partial charge in [-0.3, -0.25) is 4.99 Å². The molecule has 0 saturated carbocycles. The highest BCUT2D eigenvalue weighted by Gasteiger charge is 2.14. The van der Waals surface area contributed by atoms with Crippen molar-refractivity contribution in [3.63, 3.8) is 0 Å². The number of ether oxygens (including phenoxy) is 2. The van der Waals surface area contributed by atoms with Crippen molar-refractivity contribution in [2.24, 2.45) is 4.99 Å². The Morgan fingerprint density at radius 3 is 2.88 bits per heavy atom. The maximum Gasteiger partial charge on any atom is 0.191 e. The number of nitrogens with one attached hydrogen (secondary N) is 2. The van der Waals surface area contributed by atoms with Gasteiger partial charge in [0.15, 0.2) is 5.96 Å². The predicted molar refractivity (Wildman–Crippen MR) is 108 cm³/mol. The fourth-order valence-electron chi connectivity index (χ4n) is 2.51. The van der Waals surface area contributed by atoms with Gasteiger partial charge in [0.05, 0.1) is 12.7 Å². The second-order valence-corrected chi connectivity index (χ2v) is 5.67. The van der Waals surface area contributed by atoms with Crippen LogP contribution in [0.15, 0.2) is 29.5 Å². The Balaban J connectivity index is 0.00000288. The zero-order chi connectivity index (χ0) is 16.2. The normalized spacial score (nSPS) is 17.5. The summed E-state index contributed by atoms with van der Waals surface area (Å²) in [6, 6.07) is 4.08. The second-order valence-electron chi connectivity index (χ2n) is 5.67. The molecule has 0 spiro atoms. The van der Waals surface area contributed by atoms with Crippen LogP contribution in [0.25, 0.3) is 0 Å². The highest BCUT2D eigenvalue weighted by molar-refractivity contribution is 14.0. The van der Waals surface area contributed by atoms with Gasteiger partial charge in [0.1, 0.15) is 0 Å². The first-order valence-electron chi connectivity index (χ1n) is 8.70. The molecule has 1 aliphatic rings. The first-order chi connectivity index (χ1) is 11.4. The van der Waals surface area contributed by atoms with Crippen LogP contribution in [0.5, 0.6) is 0 Å². The minimum atomic E-state index is 0. The Morgan fingerprint density at radius 2 is 2.17 bits per heavy atom. The van der Waals surface area contributed by atoms with Crippen LogP contribution in [0.1, 0.15) is 26.2 Å². The summed E-state index contributed by atoms with van der Waals surface area (Å²) in [5.41, 5.74) is 0. The first-order valence-corrected chi connectivity index (χ1v) is 8.70. The van der Waals surface area contributed by atoms with Gasteiger partial charge in [0.25, 0.3) is 0 Å². The average molecular weight is 450 g/mol. The molecule has 138 valence electrons. The Hall–Kier alpha value is -0.800. The summed E-state index contributed by atoms with van der Waals surface area (Å²) < 4.78 is 13.3. The van der Waals surface area contributed by atoms with E-state index in [-0.39, 0.29) is 24.0 Å². The molecule has 1 aromatic heterocycles. The third-order valence-electron chi connectivity index (χ3n) is 3.72. The van der Waals surface area contributed by atoms with Crippen LogP contribution in [0.2, 0.25) is 0 Å². The molecule has 7 heteroatoms. The molecular formula is C17H31IN4O2. The van der Waals surface area contributed by atoms with E-state index in [0.29, 0.717) is 6.10 Å². The fraction of sp³-hybridized carbons (Fsp3) is 0.706. The maximum atomic E-state index is 5.65. The van der Waals surface area contributed by atoms with Gasteiger partial charge >= 0.3 is 0 Å². The van der Waals surface area contributed by atoms with Crippen LogP contribution in [0.4, 0.5) is 0 Å². The summed E-state index contributed by atoms with van der Waals surface area (Å²) in [5.74, 6) is 0.874. The molecule has 6 nitrogen and oxygen atoms in total. The van der Waals surface area contributed by atoms with E-state index in [1.54, 1.807) is 0 Å². The molecule has 1 saturated heterocycles. The molecule has 1 unspecified atom stereocenters. The monoisotopic (exact) mass is 450 g/mol. The summed E-state index contributed by atoms with van der Waals surface area (Å²) in [4.78, 5) is 4.58. The van der Waals surface area contributed by atoms with E-state index in [4.69, 9.17) is 9.47 Å². The molecule has 0 bridgehead atoms. The van der Waals surface area contributed by atoms with Crippen molar-refractivity contribution in [2.45, 2.75) is 38.8 Å². The van der Waals surface area contributed by atoms with Crippen LogP contribution in [-0.4, -0.2) is 56.1 Å². The van der Waals surface area contributed by atoms with Gasteiger partial charge in [-0.1, -0.05) is 0 Å². The van der Waals surface area contributed by atoms with E-state index in [9.17, 15) is 0 Å². The highest BCUT2D eigenvalue weighted by Crippen LogP contribution is 2.11. The molecule has 1 atom stereocenters. The SMILES string of the molecule is CCNC(=NCCCOCC1CCCO1)NCCn1cccc1.I. The van der Waals surface area contributed by atoms with Crippen molar-refractivity contribution >= 4 is 29.9 Å². The Morgan fingerprint density at radius 1 is 1.33 bits per heavy atom. The third-order valence-corrected chi connectivity index (χ3v) is 3.72. The standard InChI is InChI=1S/C17H30N4O2.HI/c1-2-18-17(20-9-12-21-10-3-4-11-21)19-8-6-13-22-15-16-7-5-14-23-16;/h3-4,10-11,16H,2,5-9,12-15H2,1H3,(H2,18,19,20);1H. The van der Waals surface area contributed by atoms with Crippen molar-refractivity contribution < 1.29 is 9.47 Å². The molecule has 0 aromatic carbocycles. The molecule has 2 heterocycles. The molecule has 1 aliphatic heterocycles. The number of nitrogens with zero attached hydrogens (tertiary/aromatic N) is 2. The molecule has 0 aliphatic carbocycles. The first kappa shape index (κ1) is 21.2. The zero-order valence-electron chi connectivity index (χ0n) is 14.6. The van der Waals surface area contributed by atoms with Crippen molar-refractivity contribution in [2.75, 3.05) is 39.5 Å². The summed E-state index contributed by atoms with van der Waals surface area (Å²) in [6.07, 6.45) is 7.67. The number of hydrogen-bond donors (Lipinski definition) is 2. The summed E-state index contributed by atoms with van der Waals surface area (Å²) in [5, 5.41) is 6.62. The van der Waals surface area contributed by atoms with Crippen LogP contribution in [-0.2, 0) is 16.0 Å². The van der Waals surface area contributed by atoms with Crippen LogP contribution in [0.3, 0.4) is 0 Å². The summed E-state index contributed by atoms with van der Waals surface area (Å²) in [6.45, 7) is 7.85. The molecule has 1 aromatic rings. The lowest BCUT2D eigenvalue weighted by Gasteiger charge is -2.12. The van der Waals surface area contributed by atoms with E-state index < -0.39 is 0 Å². The van der Waals surface area contributed by atoms with Crippen molar-refractivity contribution in [3.05, 3.63) is 24.5 Å². The van der Waals surface area contributed by atoms with E-state index in [0.717, 1.165) is 64.8 Å². The minimum absolute atomic E-state index is 0. The third kappa shape index (κ3) is 8.89. The van der Waals surface area contributed by atoms with Crippen molar-refractivity contribution in [1.82, 2.24) is 15.2 Å². The van der Waals surface area contributed by atoms with Gasteiger partial charge in [-0.25, -0.2) is 0 Å². The number of hydrogen-bond acceptors (Lipinski definition) is 3. The van der Waals surface area contributed by atoms with Gasteiger partial charge in [-0.15, -0.1) is 24.0 Å². The predicted octanol–water partition coefficient (Wildman–Crippen LogP) is 2.25.